The first-order chi connectivity index (χ1) is 17.4. The molecule has 1 fully saturated rings. The molecule has 0 saturated carbocycles. The first-order valence-corrected chi connectivity index (χ1v) is 13.4. The molecular weight excluding hydrogens is 470 g/mol. The zero-order valence-corrected chi connectivity index (χ0v) is 21.6. The fourth-order valence-electron chi connectivity index (χ4n) is 5.32. The number of H-pyrrole nitrogens is 1. The van der Waals surface area contributed by atoms with E-state index in [1.807, 2.05) is 24.3 Å². The van der Waals surface area contributed by atoms with Crippen molar-refractivity contribution in [3.8, 4) is 5.75 Å². The van der Waals surface area contributed by atoms with E-state index in [1.165, 1.54) is 10.9 Å². The van der Waals surface area contributed by atoms with Crippen LogP contribution in [0.15, 0.2) is 54.7 Å². The number of Topliss-reactive ketones (excluding diaryl/α,β-unsaturated/α-hetero) is 1. The Balaban J connectivity index is 1.23. The first-order valence-electron chi connectivity index (χ1n) is 12.6. The van der Waals surface area contributed by atoms with Gasteiger partial charge in [0.25, 0.3) is 0 Å². The molecule has 36 heavy (non-hydrogen) atoms. The maximum absolute atomic E-state index is 12.8. The van der Waals surface area contributed by atoms with E-state index in [0.29, 0.717) is 26.2 Å². The summed E-state index contributed by atoms with van der Waals surface area (Å²) >= 11 is 1.56. The van der Waals surface area contributed by atoms with Crippen molar-refractivity contribution in [1.82, 2.24) is 9.97 Å². The fraction of sp³-hybridized carbons (Fsp3) is 0.379. The van der Waals surface area contributed by atoms with Gasteiger partial charge in [0.15, 0.2) is 10.9 Å². The number of nitrogens with one attached hydrogen (secondary N) is 1. The van der Waals surface area contributed by atoms with Crippen LogP contribution in [-0.2, 0) is 24.2 Å². The predicted octanol–water partition coefficient (Wildman–Crippen LogP) is 5.81. The second-order valence-electron chi connectivity index (χ2n) is 10.6. The van der Waals surface area contributed by atoms with Crippen LogP contribution in [0.4, 0.5) is 5.13 Å². The maximum Gasteiger partial charge on any atom is 0.186 e. The van der Waals surface area contributed by atoms with Gasteiger partial charge in [0.2, 0.25) is 0 Å². The van der Waals surface area contributed by atoms with E-state index in [2.05, 4.69) is 54.2 Å². The number of carbonyl (C=O) groups is 1. The Labute approximate surface area is 215 Å². The van der Waals surface area contributed by atoms with Gasteiger partial charge in [0, 0.05) is 30.1 Å². The topological polar surface area (TPSA) is 67.5 Å². The molecule has 1 N–H and O–H groups in total. The number of hydrogen-bond acceptors (Lipinski definition) is 6. The third kappa shape index (κ3) is 4.65. The van der Waals surface area contributed by atoms with Crippen LogP contribution in [0.25, 0.3) is 10.9 Å². The zero-order chi connectivity index (χ0) is 24.7. The molecule has 1 aliphatic carbocycles. The lowest BCUT2D eigenvalue weighted by molar-refractivity contribution is 0.0915. The number of carbonyl (C=O) groups excluding carboxylic acids is 1. The lowest BCUT2D eigenvalue weighted by Crippen LogP contribution is -2.46. The Morgan fingerprint density at radius 3 is 2.92 bits per heavy atom. The van der Waals surface area contributed by atoms with E-state index in [4.69, 9.17) is 14.5 Å². The van der Waals surface area contributed by atoms with Crippen molar-refractivity contribution < 1.29 is 14.3 Å². The summed E-state index contributed by atoms with van der Waals surface area (Å²) in [5.41, 5.74) is 4.42. The molecule has 6 rings (SSSR count). The summed E-state index contributed by atoms with van der Waals surface area (Å²) in [4.78, 5) is 24.4. The predicted molar refractivity (Wildman–Crippen MR) is 143 cm³/mol. The first kappa shape index (κ1) is 23.3. The Morgan fingerprint density at radius 2 is 2.06 bits per heavy atom. The molecule has 4 aromatic rings. The Morgan fingerprint density at radius 1 is 1.19 bits per heavy atom. The number of morpholine rings is 1. The van der Waals surface area contributed by atoms with Gasteiger partial charge in [-0.3, -0.25) is 4.79 Å². The van der Waals surface area contributed by atoms with Gasteiger partial charge < -0.3 is 19.4 Å². The molecule has 0 unspecified atom stereocenters. The number of aromatic nitrogens is 2. The molecule has 0 bridgehead atoms. The molecule has 0 amide bonds. The molecular formula is C29H31N3O3S. The molecule has 2 aromatic carbocycles. The fourth-order valence-corrected chi connectivity index (χ4v) is 6.43. The van der Waals surface area contributed by atoms with Gasteiger partial charge in [0.1, 0.15) is 12.4 Å². The van der Waals surface area contributed by atoms with Crippen molar-refractivity contribution in [3.05, 3.63) is 76.4 Å². The molecule has 3 heterocycles. The number of aromatic amines is 1. The Kier molecular flexibility index (Phi) is 6.05. The molecule has 186 valence electrons. The molecule has 1 atom stereocenters. The molecule has 6 nitrogen and oxygen atoms in total. The number of nitrogens with zero attached hydrogens (tertiary/aromatic N) is 2. The minimum atomic E-state index is -0.0236. The van der Waals surface area contributed by atoms with Gasteiger partial charge in [-0.25, -0.2) is 4.98 Å². The van der Waals surface area contributed by atoms with Crippen LogP contribution in [0.3, 0.4) is 0 Å². The number of anilines is 1. The number of ketones is 1. The van der Waals surface area contributed by atoms with E-state index in [9.17, 15) is 4.79 Å². The highest BCUT2D eigenvalue weighted by Crippen LogP contribution is 2.40. The quantitative estimate of drug-likeness (QED) is 0.361. The molecule has 1 aliphatic heterocycles. The Bertz CT molecular complexity index is 1390. The van der Waals surface area contributed by atoms with Crippen molar-refractivity contribution in [1.29, 1.82) is 0 Å². The van der Waals surface area contributed by atoms with Crippen molar-refractivity contribution >= 4 is 33.2 Å². The smallest absolute Gasteiger partial charge is 0.186 e. The summed E-state index contributed by atoms with van der Waals surface area (Å²) in [5, 5.41) is 2.12. The van der Waals surface area contributed by atoms with Crippen molar-refractivity contribution in [2.24, 2.45) is 5.41 Å². The number of rotatable bonds is 6. The average Bonchev–Trinajstić information content (AvgIpc) is 3.47. The average molecular weight is 502 g/mol. The highest BCUT2D eigenvalue weighted by molar-refractivity contribution is 7.17. The van der Waals surface area contributed by atoms with Crippen LogP contribution in [0, 0.1) is 5.41 Å². The number of ether oxygens (including phenoxy) is 2. The molecule has 2 aromatic heterocycles. The van der Waals surface area contributed by atoms with Crippen molar-refractivity contribution in [3.63, 3.8) is 0 Å². The van der Waals surface area contributed by atoms with Crippen LogP contribution >= 0.6 is 11.3 Å². The Hall–Kier alpha value is -3.16. The van der Waals surface area contributed by atoms with E-state index in [1.54, 1.807) is 11.3 Å². The minimum Gasteiger partial charge on any atom is -0.489 e. The third-order valence-electron chi connectivity index (χ3n) is 7.14. The summed E-state index contributed by atoms with van der Waals surface area (Å²) < 4.78 is 12.0. The zero-order valence-electron chi connectivity index (χ0n) is 20.8. The largest absolute Gasteiger partial charge is 0.489 e. The van der Waals surface area contributed by atoms with Gasteiger partial charge in [0.05, 0.1) is 29.8 Å². The normalized spacial score (nSPS) is 19.4. The second-order valence-corrected chi connectivity index (χ2v) is 11.6. The minimum absolute atomic E-state index is 0.0236. The van der Waals surface area contributed by atoms with E-state index < -0.39 is 0 Å². The SMILES string of the molecule is CC1(C)CC(=O)c2sc(N3CCOC[C@@H]3Cc3c[nH]c4ccc(OCc5ccccc5)cc34)nc2C1. The highest BCUT2D eigenvalue weighted by atomic mass is 32.1. The van der Waals surface area contributed by atoms with Crippen LogP contribution in [0.1, 0.15) is 46.8 Å². The van der Waals surface area contributed by atoms with Crippen LogP contribution in [0.5, 0.6) is 5.75 Å². The lowest BCUT2D eigenvalue weighted by atomic mass is 9.78. The summed E-state index contributed by atoms with van der Waals surface area (Å²) in [5.74, 6) is 1.09. The summed E-state index contributed by atoms with van der Waals surface area (Å²) in [6.45, 7) is 6.94. The number of hydrogen-bond donors (Lipinski definition) is 1. The lowest BCUT2D eigenvalue weighted by Gasteiger charge is -2.35. The standard InChI is InChI=1S/C29H31N3O3S/c1-29(2)14-25-27(26(33)15-29)36-28(31-25)32-10-11-34-18-21(32)12-20-16-30-24-9-8-22(13-23(20)24)35-17-19-6-4-3-5-7-19/h3-9,13,16,21,30H,10-12,14-15,17-18H2,1-2H3/t21-/m0/s1. The second kappa shape index (κ2) is 9.37. The molecule has 0 spiro atoms. The highest BCUT2D eigenvalue weighted by Gasteiger charge is 2.36. The van der Waals surface area contributed by atoms with Gasteiger partial charge >= 0.3 is 0 Å². The van der Waals surface area contributed by atoms with Crippen LogP contribution in [0.2, 0.25) is 0 Å². The monoisotopic (exact) mass is 501 g/mol. The van der Waals surface area contributed by atoms with Crippen molar-refractivity contribution in [2.45, 2.75) is 45.8 Å². The summed E-state index contributed by atoms with van der Waals surface area (Å²) in [6, 6.07) is 16.6. The van der Waals surface area contributed by atoms with Crippen LogP contribution in [-0.4, -0.2) is 41.6 Å². The van der Waals surface area contributed by atoms with E-state index in [-0.39, 0.29) is 17.2 Å². The number of thiazole rings is 1. The molecule has 7 heteroatoms. The van der Waals surface area contributed by atoms with E-state index in [0.717, 1.165) is 51.9 Å². The summed E-state index contributed by atoms with van der Waals surface area (Å²) in [7, 11) is 0. The van der Waals surface area contributed by atoms with Gasteiger partial charge in [-0.1, -0.05) is 55.5 Å². The van der Waals surface area contributed by atoms with Gasteiger partial charge in [-0.15, -0.1) is 0 Å². The number of benzene rings is 2. The summed E-state index contributed by atoms with van der Waals surface area (Å²) in [6.07, 6.45) is 4.37. The number of fused-ring (bicyclic) bond motifs is 2. The molecule has 1 saturated heterocycles. The van der Waals surface area contributed by atoms with E-state index >= 15 is 0 Å². The van der Waals surface area contributed by atoms with Gasteiger partial charge in [-0.05, 0) is 47.6 Å². The van der Waals surface area contributed by atoms with Crippen LogP contribution < -0.4 is 9.64 Å². The third-order valence-corrected chi connectivity index (χ3v) is 8.32. The van der Waals surface area contributed by atoms with Crippen molar-refractivity contribution in [2.75, 3.05) is 24.7 Å². The molecule has 2 aliphatic rings. The van der Waals surface area contributed by atoms with Gasteiger partial charge in [-0.2, -0.15) is 0 Å². The maximum atomic E-state index is 12.8. The molecule has 0 radical (unpaired) electrons.